The lowest BCUT2D eigenvalue weighted by atomic mass is 10.0. The Kier molecular flexibility index (Phi) is 5.23. The fraction of sp³-hybridized carbons (Fsp3) is 0.533. The van der Waals surface area contributed by atoms with Gasteiger partial charge >= 0.3 is 0 Å². The molecule has 19 heavy (non-hydrogen) atoms. The van der Waals surface area contributed by atoms with E-state index in [2.05, 4.69) is 10.6 Å². The molecule has 3 nitrogen and oxygen atoms in total. The molecule has 1 saturated heterocycles. The molecule has 1 aliphatic rings. The molecular weight excluding hydrogens is 260 g/mol. The summed E-state index contributed by atoms with van der Waals surface area (Å²) in [6, 6.07) is 7.90. The lowest BCUT2D eigenvalue weighted by Gasteiger charge is -2.24. The minimum absolute atomic E-state index is 0.0126. The fourth-order valence-electron chi connectivity index (χ4n) is 2.44. The smallest absolute Gasteiger partial charge is 0.237 e. The quantitative estimate of drug-likeness (QED) is 0.890. The Bertz CT molecular complexity index is 413. The Labute approximate surface area is 119 Å². The van der Waals surface area contributed by atoms with E-state index in [1.54, 1.807) is 0 Å². The van der Waals surface area contributed by atoms with Crippen LogP contribution >= 0.6 is 11.6 Å². The molecule has 2 atom stereocenters. The van der Waals surface area contributed by atoms with Crippen LogP contribution in [0.25, 0.3) is 0 Å². The second kappa shape index (κ2) is 6.92. The molecule has 0 aromatic heterocycles. The van der Waals surface area contributed by atoms with Gasteiger partial charge in [0.1, 0.15) is 0 Å². The van der Waals surface area contributed by atoms with E-state index in [0.29, 0.717) is 0 Å². The van der Waals surface area contributed by atoms with Crippen LogP contribution in [0.1, 0.15) is 31.7 Å². The first-order valence-electron chi connectivity index (χ1n) is 6.93. The van der Waals surface area contributed by atoms with Gasteiger partial charge in [0.15, 0.2) is 0 Å². The van der Waals surface area contributed by atoms with Crippen LogP contribution in [0.2, 0.25) is 5.02 Å². The predicted molar refractivity (Wildman–Crippen MR) is 78.4 cm³/mol. The Balaban J connectivity index is 1.81. The van der Waals surface area contributed by atoms with Gasteiger partial charge in [-0.05, 0) is 50.4 Å². The van der Waals surface area contributed by atoms with Gasteiger partial charge in [-0.25, -0.2) is 0 Å². The molecule has 2 N–H and O–H groups in total. The number of piperidine rings is 1. The molecule has 1 aromatic carbocycles. The van der Waals surface area contributed by atoms with E-state index < -0.39 is 0 Å². The van der Waals surface area contributed by atoms with Crippen molar-refractivity contribution in [2.45, 2.75) is 44.7 Å². The standard InChI is InChI=1S/C15H21ClN2O/c1-11(10-12-5-7-13(16)8-6-12)18-15(19)14-4-2-3-9-17-14/h5-8,11,14,17H,2-4,9-10H2,1H3,(H,18,19). The van der Waals surface area contributed by atoms with Crippen molar-refractivity contribution in [1.29, 1.82) is 0 Å². The minimum atomic E-state index is -0.0126. The zero-order chi connectivity index (χ0) is 13.7. The highest BCUT2D eigenvalue weighted by molar-refractivity contribution is 6.30. The Morgan fingerprint density at radius 1 is 1.42 bits per heavy atom. The highest BCUT2D eigenvalue weighted by Gasteiger charge is 2.21. The van der Waals surface area contributed by atoms with Gasteiger partial charge in [-0.2, -0.15) is 0 Å². The summed E-state index contributed by atoms with van der Waals surface area (Å²) in [5.74, 6) is 0.126. The molecular formula is C15H21ClN2O. The van der Waals surface area contributed by atoms with Crippen molar-refractivity contribution in [3.8, 4) is 0 Å². The van der Waals surface area contributed by atoms with Crippen LogP contribution in [0.5, 0.6) is 0 Å². The average Bonchev–Trinajstić information content (AvgIpc) is 2.42. The topological polar surface area (TPSA) is 41.1 Å². The highest BCUT2D eigenvalue weighted by Crippen LogP contribution is 2.12. The molecule has 0 aliphatic carbocycles. The van der Waals surface area contributed by atoms with Crippen molar-refractivity contribution < 1.29 is 4.79 Å². The first-order chi connectivity index (χ1) is 9.15. The van der Waals surface area contributed by atoms with Crippen molar-refractivity contribution >= 4 is 17.5 Å². The van der Waals surface area contributed by atoms with Gasteiger partial charge in [-0.15, -0.1) is 0 Å². The Hall–Kier alpha value is -1.06. The van der Waals surface area contributed by atoms with Crippen LogP contribution in [0.15, 0.2) is 24.3 Å². The zero-order valence-corrected chi connectivity index (χ0v) is 12.0. The molecule has 2 unspecified atom stereocenters. The van der Waals surface area contributed by atoms with E-state index in [9.17, 15) is 4.79 Å². The summed E-state index contributed by atoms with van der Waals surface area (Å²) < 4.78 is 0. The van der Waals surface area contributed by atoms with Crippen molar-refractivity contribution in [3.63, 3.8) is 0 Å². The molecule has 1 aromatic rings. The third-order valence-electron chi connectivity index (χ3n) is 3.47. The number of hydrogen-bond acceptors (Lipinski definition) is 2. The molecule has 4 heteroatoms. The van der Waals surface area contributed by atoms with Crippen LogP contribution in [0, 0.1) is 0 Å². The molecule has 2 rings (SSSR count). The molecule has 1 fully saturated rings. The maximum Gasteiger partial charge on any atom is 0.237 e. The second-order valence-electron chi connectivity index (χ2n) is 5.24. The van der Waals surface area contributed by atoms with Gasteiger partial charge in [0, 0.05) is 11.1 Å². The van der Waals surface area contributed by atoms with E-state index in [1.807, 2.05) is 31.2 Å². The van der Waals surface area contributed by atoms with Crippen LogP contribution in [0.3, 0.4) is 0 Å². The summed E-state index contributed by atoms with van der Waals surface area (Å²) in [7, 11) is 0. The Morgan fingerprint density at radius 3 is 2.79 bits per heavy atom. The van der Waals surface area contributed by atoms with Gasteiger partial charge in [0.2, 0.25) is 5.91 Å². The fourth-order valence-corrected chi connectivity index (χ4v) is 2.57. The normalized spacial score (nSPS) is 20.8. The number of carbonyl (C=O) groups excluding carboxylic acids is 1. The van der Waals surface area contributed by atoms with Crippen LogP contribution < -0.4 is 10.6 Å². The number of nitrogens with one attached hydrogen (secondary N) is 2. The summed E-state index contributed by atoms with van der Waals surface area (Å²) in [6.07, 6.45) is 4.08. The lowest BCUT2D eigenvalue weighted by Crippen LogP contribution is -2.49. The molecule has 0 radical (unpaired) electrons. The number of benzene rings is 1. The summed E-state index contributed by atoms with van der Waals surface area (Å²) in [6.45, 7) is 2.99. The first-order valence-corrected chi connectivity index (χ1v) is 7.31. The van der Waals surface area contributed by atoms with Gasteiger partial charge in [-0.1, -0.05) is 30.2 Å². The zero-order valence-electron chi connectivity index (χ0n) is 11.3. The number of rotatable bonds is 4. The van der Waals surface area contributed by atoms with Gasteiger partial charge in [0.05, 0.1) is 6.04 Å². The van der Waals surface area contributed by atoms with Crippen LogP contribution in [-0.4, -0.2) is 24.5 Å². The molecule has 1 amide bonds. The predicted octanol–water partition coefficient (Wildman–Crippen LogP) is 2.53. The maximum absolute atomic E-state index is 12.1. The number of halogens is 1. The number of hydrogen-bond donors (Lipinski definition) is 2. The van der Waals surface area contributed by atoms with E-state index in [-0.39, 0.29) is 18.0 Å². The summed E-state index contributed by atoms with van der Waals surface area (Å²) in [4.78, 5) is 12.1. The summed E-state index contributed by atoms with van der Waals surface area (Å²) in [5.41, 5.74) is 1.19. The maximum atomic E-state index is 12.1. The van der Waals surface area contributed by atoms with Gasteiger partial charge in [-0.3, -0.25) is 4.79 Å². The van der Waals surface area contributed by atoms with Crippen molar-refractivity contribution in [1.82, 2.24) is 10.6 Å². The highest BCUT2D eigenvalue weighted by atomic mass is 35.5. The Morgan fingerprint density at radius 2 is 2.16 bits per heavy atom. The van der Waals surface area contributed by atoms with Crippen molar-refractivity contribution in [2.24, 2.45) is 0 Å². The minimum Gasteiger partial charge on any atom is -0.352 e. The summed E-state index contributed by atoms with van der Waals surface area (Å²) in [5, 5.41) is 7.09. The van der Waals surface area contributed by atoms with E-state index >= 15 is 0 Å². The molecule has 1 aliphatic heterocycles. The molecule has 0 bridgehead atoms. The van der Waals surface area contributed by atoms with Crippen LogP contribution in [0.4, 0.5) is 0 Å². The SMILES string of the molecule is CC(Cc1ccc(Cl)cc1)NC(=O)C1CCCCN1. The number of amides is 1. The van der Waals surface area contributed by atoms with Gasteiger partial charge in [0.25, 0.3) is 0 Å². The monoisotopic (exact) mass is 280 g/mol. The van der Waals surface area contributed by atoms with Crippen molar-refractivity contribution in [2.75, 3.05) is 6.54 Å². The van der Waals surface area contributed by atoms with Crippen molar-refractivity contribution in [3.05, 3.63) is 34.9 Å². The van der Waals surface area contributed by atoms with Crippen LogP contribution in [-0.2, 0) is 11.2 Å². The van der Waals surface area contributed by atoms with Gasteiger partial charge < -0.3 is 10.6 Å². The summed E-state index contributed by atoms with van der Waals surface area (Å²) >= 11 is 5.86. The second-order valence-corrected chi connectivity index (χ2v) is 5.68. The van der Waals surface area contributed by atoms with E-state index in [1.165, 1.54) is 12.0 Å². The molecule has 104 valence electrons. The lowest BCUT2D eigenvalue weighted by molar-refractivity contribution is -0.124. The molecule has 0 saturated carbocycles. The first kappa shape index (κ1) is 14.4. The third kappa shape index (κ3) is 4.51. The molecule has 1 heterocycles. The number of carbonyl (C=O) groups is 1. The largest absolute Gasteiger partial charge is 0.352 e. The van der Waals surface area contributed by atoms with E-state index in [0.717, 1.165) is 30.8 Å². The third-order valence-corrected chi connectivity index (χ3v) is 3.72. The molecule has 0 spiro atoms. The van der Waals surface area contributed by atoms with E-state index in [4.69, 9.17) is 11.6 Å². The average molecular weight is 281 g/mol.